The molecule has 0 spiro atoms. The van der Waals surface area contributed by atoms with Crippen LogP contribution in [0.3, 0.4) is 0 Å². The SMILES string of the molecule is CC(C)=NOC[C@H]1CNC[C@H](C)O1. The van der Waals surface area contributed by atoms with Gasteiger partial charge < -0.3 is 14.9 Å². The van der Waals surface area contributed by atoms with Crippen molar-refractivity contribution < 1.29 is 9.57 Å². The zero-order chi connectivity index (χ0) is 9.68. The number of hydrogen-bond donors (Lipinski definition) is 1. The summed E-state index contributed by atoms with van der Waals surface area (Å²) in [4.78, 5) is 5.11. The van der Waals surface area contributed by atoms with E-state index in [9.17, 15) is 0 Å². The fourth-order valence-electron chi connectivity index (χ4n) is 1.22. The molecule has 0 aromatic carbocycles. The summed E-state index contributed by atoms with van der Waals surface area (Å²) in [5.74, 6) is 0. The molecule has 0 unspecified atom stereocenters. The first-order chi connectivity index (χ1) is 6.18. The number of oxime groups is 1. The molecule has 0 aromatic heterocycles. The summed E-state index contributed by atoms with van der Waals surface area (Å²) >= 11 is 0. The highest BCUT2D eigenvalue weighted by Gasteiger charge is 2.18. The Bertz CT molecular complexity index is 178. The molecule has 0 amide bonds. The largest absolute Gasteiger partial charge is 0.393 e. The molecule has 1 fully saturated rings. The van der Waals surface area contributed by atoms with Gasteiger partial charge >= 0.3 is 0 Å². The number of morpholine rings is 1. The Morgan fingerprint density at radius 3 is 2.92 bits per heavy atom. The van der Waals surface area contributed by atoms with Gasteiger partial charge in [-0.1, -0.05) is 5.16 Å². The smallest absolute Gasteiger partial charge is 0.144 e. The van der Waals surface area contributed by atoms with Crippen LogP contribution in [0.1, 0.15) is 20.8 Å². The average molecular weight is 186 g/mol. The van der Waals surface area contributed by atoms with Gasteiger partial charge in [0.05, 0.1) is 11.8 Å². The summed E-state index contributed by atoms with van der Waals surface area (Å²) in [6, 6.07) is 0. The van der Waals surface area contributed by atoms with Crippen molar-refractivity contribution in [2.75, 3.05) is 19.7 Å². The van der Waals surface area contributed by atoms with E-state index in [2.05, 4.69) is 10.5 Å². The minimum Gasteiger partial charge on any atom is -0.393 e. The zero-order valence-electron chi connectivity index (χ0n) is 8.54. The molecule has 76 valence electrons. The molecular formula is C9H18N2O2. The van der Waals surface area contributed by atoms with E-state index in [1.54, 1.807) is 0 Å². The first kappa shape index (κ1) is 10.5. The normalized spacial score (nSPS) is 28.2. The fourth-order valence-corrected chi connectivity index (χ4v) is 1.22. The minimum atomic E-state index is 0.131. The van der Waals surface area contributed by atoms with E-state index in [-0.39, 0.29) is 12.2 Å². The van der Waals surface area contributed by atoms with Crippen LogP contribution in [-0.4, -0.2) is 37.6 Å². The third-order valence-electron chi connectivity index (χ3n) is 1.74. The number of nitrogens with zero attached hydrogens (tertiary/aromatic N) is 1. The molecule has 1 saturated heterocycles. The lowest BCUT2D eigenvalue weighted by atomic mass is 10.2. The van der Waals surface area contributed by atoms with E-state index >= 15 is 0 Å². The van der Waals surface area contributed by atoms with Crippen LogP contribution in [-0.2, 0) is 9.57 Å². The lowest BCUT2D eigenvalue weighted by molar-refractivity contribution is -0.0679. The summed E-state index contributed by atoms with van der Waals surface area (Å²) in [6.07, 6.45) is 0.404. The van der Waals surface area contributed by atoms with Crippen LogP contribution >= 0.6 is 0 Å². The predicted molar refractivity (Wildman–Crippen MR) is 51.9 cm³/mol. The fraction of sp³-hybridized carbons (Fsp3) is 0.889. The van der Waals surface area contributed by atoms with Crippen molar-refractivity contribution >= 4 is 5.71 Å². The maximum absolute atomic E-state index is 5.61. The van der Waals surface area contributed by atoms with Crippen LogP contribution in [0.25, 0.3) is 0 Å². The molecular weight excluding hydrogens is 168 g/mol. The molecule has 1 rings (SSSR count). The maximum atomic E-state index is 5.61. The first-order valence-electron chi connectivity index (χ1n) is 4.68. The lowest BCUT2D eigenvalue weighted by Crippen LogP contribution is -2.45. The Kier molecular flexibility index (Phi) is 4.18. The van der Waals surface area contributed by atoms with Gasteiger partial charge in [-0.3, -0.25) is 0 Å². The van der Waals surface area contributed by atoms with Crippen LogP contribution < -0.4 is 5.32 Å². The Hall–Kier alpha value is -0.610. The molecule has 0 radical (unpaired) electrons. The van der Waals surface area contributed by atoms with Crippen molar-refractivity contribution in [2.24, 2.45) is 5.16 Å². The van der Waals surface area contributed by atoms with Crippen LogP contribution in [0.5, 0.6) is 0 Å². The van der Waals surface area contributed by atoms with E-state index in [1.807, 2.05) is 20.8 Å². The van der Waals surface area contributed by atoms with Crippen LogP contribution in [0.15, 0.2) is 5.16 Å². The van der Waals surface area contributed by atoms with Gasteiger partial charge in [0.15, 0.2) is 0 Å². The first-order valence-corrected chi connectivity index (χ1v) is 4.68. The van der Waals surface area contributed by atoms with E-state index < -0.39 is 0 Å². The van der Waals surface area contributed by atoms with E-state index in [1.165, 1.54) is 0 Å². The molecule has 1 heterocycles. The molecule has 2 atom stereocenters. The van der Waals surface area contributed by atoms with Crippen molar-refractivity contribution in [3.8, 4) is 0 Å². The van der Waals surface area contributed by atoms with Crippen molar-refractivity contribution in [1.29, 1.82) is 0 Å². The summed E-state index contributed by atoms with van der Waals surface area (Å²) in [7, 11) is 0. The van der Waals surface area contributed by atoms with Gasteiger partial charge in [-0.25, -0.2) is 0 Å². The highest BCUT2D eigenvalue weighted by atomic mass is 16.6. The minimum absolute atomic E-state index is 0.131. The molecule has 4 nitrogen and oxygen atoms in total. The summed E-state index contributed by atoms with van der Waals surface area (Å²) in [5.41, 5.74) is 0.928. The van der Waals surface area contributed by atoms with Crippen molar-refractivity contribution in [3.63, 3.8) is 0 Å². The quantitative estimate of drug-likeness (QED) is 0.523. The molecule has 1 aliphatic heterocycles. The third-order valence-corrected chi connectivity index (χ3v) is 1.74. The second kappa shape index (κ2) is 5.19. The number of nitrogens with one attached hydrogen (secondary N) is 1. The Morgan fingerprint density at radius 1 is 1.54 bits per heavy atom. The number of hydrogen-bond acceptors (Lipinski definition) is 4. The maximum Gasteiger partial charge on any atom is 0.144 e. The lowest BCUT2D eigenvalue weighted by Gasteiger charge is -2.27. The van der Waals surface area contributed by atoms with Gasteiger partial charge in [-0.05, 0) is 20.8 Å². The molecule has 0 bridgehead atoms. The van der Waals surface area contributed by atoms with Crippen molar-refractivity contribution in [1.82, 2.24) is 5.32 Å². The molecule has 0 aromatic rings. The Morgan fingerprint density at radius 2 is 2.31 bits per heavy atom. The molecule has 13 heavy (non-hydrogen) atoms. The predicted octanol–water partition coefficient (Wildman–Crippen LogP) is 0.776. The van der Waals surface area contributed by atoms with Crippen LogP contribution in [0.4, 0.5) is 0 Å². The topological polar surface area (TPSA) is 42.8 Å². The molecule has 1 N–H and O–H groups in total. The third kappa shape index (κ3) is 4.24. The van der Waals surface area contributed by atoms with Gasteiger partial charge in [-0.2, -0.15) is 0 Å². The molecule has 4 heteroatoms. The van der Waals surface area contributed by atoms with Gasteiger partial charge in [0.25, 0.3) is 0 Å². The monoisotopic (exact) mass is 186 g/mol. The van der Waals surface area contributed by atoms with Gasteiger partial charge in [-0.15, -0.1) is 0 Å². The highest BCUT2D eigenvalue weighted by molar-refractivity contribution is 5.78. The zero-order valence-corrected chi connectivity index (χ0v) is 8.54. The second-order valence-corrected chi connectivity index (χ2v) is 3.56. The van der Waals surface area contributed by atoms with Gasteiger partial charge in [0, 0.05) is 13.1 Å². The summed E-state index contributed by atoms with van der Waals surface area (Å²) < 4.78 is 5.61. The van der Waals surface area contributed by atoms with Crippen molar-refractivity contribution in [2.45, 2.75) is 33.0 Å². The summed E-state index contributed by atoms with van der Waals surface area (Å²) in [6.45, 7) is 8.16. The van der Waals surface area contributed by atoms with Gasteiger partial charge in [0.2, 0.25) is 0 Å². The van der Waals surface area contributed by atoms with Crippen molar-refractivity contribution in [3.05, 3.63) is 0 Å². The number of ether oxygens (including phenoxy) is 1. The van der Waals surface area contributed by atoms with E-state index in [4.69, 9.17) is 9.57 Å². The Balaban J connectivity index is 2.17. The van der Waals surface area contributed by atoms with E-state index in [0.717, 1.165) is 18.8 Å². The van der Waals surface area contributed by atoms with Gasteiger partial charge in [0.1, 0.15) is 12.7 Å². The molecule has 0 saturated carbocycles. The standard InChI is InChI=1S/C9H18N2O2/c1-7(2)11-12-6-9-5-10-4-8(3)13-9/h8-10H,4-6H2,1-3H3/t8-,9+/m0/s1. The van der Waals surface area contributed by atoms with Crippen LogP contribution in [0, 0.1) is 0 Å². The average Bonchev–Trinajstić information content (AvgIpc) is 2.03. The second-order valence-electron chi connectivity index (χ2n) is 3.56. The number of rotatable bonds is 3. The molecule has 1 aliphatic rings. The summed E-state index contributed by atoms with van der Waals surface area (Å²) in [5, 5.41) is 7.12. The van der Waals surface area contributed by atoms with Crippen LogP contribution in [0.2, 0.25) is 0 Å². The van der Waals surface area contributed by atoms with E-state index in [0.29, 0.717) is 6.61 Å². The highest BCUT2D eigenvalue weighted by Crippen LogP contribution is 2.03. The Labute approximate surface area is 79.3 Å². The molecule has 0 aliphatic carbocycles.